The predicted molar refractivity (Wildman–Crippen MR) is 78.1 cm³/mol. The van der Waals surface area contributed by atoms with Crippen LogP contribution in [0.2, 0.25) is 0 Å². The van der Waals surface area contributed by atoms with Gasteiger partial charge in [0.25, 0.3) is 0 Å². The molecule has 1 aliphatic rings. The number of hydrogen-bond donors (Lipinski definition) is 2. The lowest BCUT2D eigenvalue weighted by atomic mass is 9.86. The van der Waals surface area contributed by atoms with Crippen molar-refractivity contribution in [3.05, 3.63) is 0 Å². The minimum Gasteiger partial charge on any atom is -0.393 e. The van der Waals surface area contributed by atoms with Gasteiger partial charge in [-0.15, -0.1) is 0 Å². The highest BCUT2D eigenvalue weighted by Crippen LogP contribution is 2.25. The van der Waals surface area contributed by atoms with Crippen LogP contribution in [0.1, 0.15) is 40.5 Å². The average molecular weight is 310 g/mol. The highest BCUT2D eigenvalue weighted by atomic mass is 19.4. The molecule has 0 saturated carbocycles. The summed E-state index contributed by atoms with van der Waals surface area (Å²) in [6, 6.07) is 0.145. The molecule has 21 heavy (non-hydrogen) atoms. The van der Waals surface area contributed by atoms with Crippen molar-refractivity contribution in [3.63, 3.8) is 0 Å². The molecule has 1 fully saturated rings. The molecule has 1 saturated heterocycles. The molecule has 1 rings (SSSR count). The number of aliphatic hydroxyl groups excluding tert-OH is 1. The van der Waals surface area contributed by atoms with E-state index in [1.54, 1.807) is 0 Å². The van der Waals surface area contributed by atoms with Crippen LogP contribution in [0.25, 0.3) is 0 Å². The van der Waals surface area contributed by atoms with E-state index < -0.39 is 12.7 Å². The number of rotatable bonds is 6. The van der Waals surface area contributed by atoms with Gasteiger partial charge in [0.1, 0.15) is 0 Å². The first kappa shape index (κ1) is 18.7. The molecule has 0 aliphatic carbocycles. The summed E-state index contributed by atoms with van der Waals surface area (Å²) in [4.78, 5) is 2.20. The van der Waals surface area contributed by atoms with E-state index in [1.165, 1.54) is 0 Å². The van der Waals surface area contributed by atoms with Gasteiger partial charge in [0, 0.05) is 25.2 Å². The Balaban J connectivity index is 2.59. The van der Waals surface area contributed by atoms with E-state index in [9.17, 15) is 18.3 Å². The van der Waals surface area contributed by atoms with Gasteiger partial charge in [-0.3, -0.25) is 4.90 Å². The molecule has 0 radical (unpaired) electrons. The van der Waals surface area contributed by atoms with Crippen LogP contribution in [0.4, 0.5) is 13.2 Å². The number of likely N-dealkylation sites (tertiary alicyclic amines) is 1. The number of nitrogens with one attached hydrogen (secondary N) is 1. The Bertz CT molecular complexity index is 306. The van der Waals surface area contributed by atoms with Crippen LogP contribution in [0, 0.1) is 11.8 Å². The summed E-state index contributed by atoms with van der Waals surface area (Å²) in [6.07, 6.45) is -3.20. The van der Waals surface area contributed by atoms with Crippen molar-refractivity contribution < 1.29 is 18.3 Å². The third kappa shape index (κ3) is 6.98. The van der Waals surface area contributed by atoms with Gasteiger partial charge in [0.05, 0.1) is 12.6 Å². The maximum Gasteiger partial charge on any atom is 0.401 e. The Morgan fingerprint density at radius 1 is 1.19 bits per heavy atom. The highest BCUT2D eigenvalue weighted by molar-refractivity contribution is 4.86. The molecule has 0 aromatic heterocycles. The van der Waals surface area contributed by atoms with Crippen molar-refractivity contribution >= 4 is 0 Å². The average Bonchev–Trinajstić information content (AvgIpc) is 2.35. The maximum absolute atomic E-state index is 12.4. The van der Waals surface area contributed by atoms with Gasteiger partial charge >= 0.3 is 6.18 Å². The Kier molecular flexibility index (Phi) is 6.94. The van der Waals surface area contributed by atoms with Crippen LogP contribution in [-0.2, 0) is 0 Å². The molecule has 2 N–H and O–H groups in total. The van der Waals surface area contributed by atoms with Gasteiger partial charge in [-0.1, -0.05) is 13.8 Å². The number of piperidine rings is 1. The van der Waals surface area contributed by atoms with Gasteiger partial charge in [0.15, 0.2) is 0 Å². The zero-order valence-corrected chi connectivity index (χ0v) is 13.5. The summed E-state index contributed by atoms with van der Waals surface area (Å²) >= 11 is 0. The van der Waals surface area contributed by atoms with Crippen LogP contribution in [-0.4, -0.2) is 54.0 Å². The SMILES string of the molecule is CC(C)C(O)CC1CC(NCC(F)(F)F)CN(C(C)C)C1. The summed E-state index contributed by atoms with van der Waals surface area (Å²) < 4.78 is 37.1. The largest absolute Gasteiger partial charge is 0.401 e. The van der Waals surface area contributed by atoms with Crippen molar-refractivity contribution in [1.82, 2.24) is 10.2 Å². The standard InChI is InChI=1S/C15H29F3N2O/c1-10(2)14(21)6-12-5-13(19-9-15(16,17)18)8-20(7-12)11(3)4/h10-14,19,21H,5-9H2,1-4H3. The van der Waals surface area contributed by atoms with E-state index in [4.69, 9.17) is 0 Å². The quantitative estimate of drug-likeness (QED) is 0.792. The fourth-order valence-corrected chi connectivity index (χ4v) is 2.85. The Hall–Kier alpha value is -0.330. The Morgan fingerprint density at radius 2 is 1.81 bits per heavy atom. The van der Waals surface area contributed by atoms with E-state index in [0.717, 1.165) is 6.54 Å². The molecule has 3 nitrogen and oxygen atoms in total. The van der Waals surface area contributed by atoms with Crippen molar-refractivity contribution in [2.45, 2.75) is 64.9 Å². The summed E-state index contributed by atoms with van der Waals surface area (Å²) in [5, 5.41) is 12.7. The third-order valence-corrected chi connectivity index (χ3v) is 4.23. The van der Waals surface area contributed by atoms with Gasteiger partial charge in [-0.2, -0.15) is 13.2 Å². The second kappa shape index (κ2) is 7.79. The molecule has 0 bridgehead atoms. The Morgan fingerprint density at radius 3 is 2.29 bits per heavy atom. The first-order valence-electron chi connectivity index (χ1n) is 7.80. The summed E-state index contributed by atoms with van der Waals surface area (Å²) in [5.41, 5.74) is 0. The molecule has 0 aromatic rings. The van der Waals surface area contributed by atoms with Gasteiger partial charge in [-0.05, 0) is 38.5 Å². The highest BCUT2D eigenvalue weighted by Gasteiger charge is 2.33. The van der Waals surface area contributed by atoms with Crippen molar-refractivity contribution in [1.29, 1.82) is 0 Å². The molecule has 0 spiro atoms. The van der Waals surface area contributed by atoms with Crippen LogP contribution in [0.3, 0.4) is 0 Å². The Labute approximate surface area is 125 Å². The van der Waals surface area contributed by atoms with E-state index in [2.05, 4.69) is 24.1 Å². The molecule has 3 atom stereocenters. The zero-order valence-electron chi connectivity index (χ0n) is 13.5. The number of hydrogen-bond acceptors (Lipinski definition) is 3. The first-order chi connectivity index (χ1) is 9.58. The minimum absolute atomic E-state index is 0.160. The first-order valence-corrected chi connectivity index (χ1v) is 7.80. The minimum atomic E-state index is -4.17. The second-order valence-electron chi connectivity index (χ2n) is 6.89. The molecule has 126 valence electrons. The lowest BCUT2D eigenvalue weighted by molar-refractivity contribution is -0.127. The molecule has 0 aromatic carbocycles. The summed E-state index contributed by atoms with van der Waals surface area (Å²) in [5.74, 6) is 0.422. The van der Waals surface area contributed by atoms with Crippen molar-refractivity contribution in [2.24, 2.45) is 11.8 Å². The molecule has 3 unspecified atom stereocenters. The molecule has 1 aliphatic heterocycles. The van der Waals surface area contributed by atoms with Crippen LogP contribution in [0.5, 0.6) is 0 Å². The molecular formula is C15H29F3N2O. The molecule has 0 amide bonds. The van der Waals surface area contributed by atoms with Gasteiger partial charge < -0.3 is 10.4 Å². The summed E-state index contributed by atoms with van der Waals surface area (Å²) in [6.45, 7) is 8.60. The number of alkyl halides is 3. The normalized spacial score (nSPS) is 26.6. The third-order valence-electron chi connectivity index (χ3n) is 4.23. The maximum atomic E-state index is 12.4. The van der Waals surface area contributed by atoms with E-state index in [1.807, 2.05) is 13.8 Å². The van der Waals surface area contributed by atoms with Crippen LogP contribution in [0.15, 0.2) is 0 Å². The molecule has 6 heteroatoms. The monoisotopic (exact) mass is 310 g/mol. The number of halogens is 3. The van der Waals surface area contributed by atoms with Gasteiger partial charge in [-0.25, -0.2) is 0 Å². The van der Waals surface area contributed by atoms with E-state index >= 15 is 0 Å². The van der Waals surface area contributed by atoms with E-state index in [0.29, 0.717) is 25.4 Å². The topological polar surface area (TPSA) is 35.5 Å². The zero-order chi connectivity index (χ0) is 16.2. The summed E-state index contributed by atoms with van der Waals surface area (Å²) in [7, 11) is 0. The van der Waals surface area contributed by atoms with Crippen LogP contribution >= 0.6 is 0 Å². The number of nitrogens with zero attached hydrogens (tertiary/aromatic N) is 1. The van der Waals surface area contributed by atoms with Crippen molar-refractivity contribution in [3.8, 4) is 0 Å². The van der Waals surface area contributed by atoms with Crippen molar-refractivity contribution in [2.75, 3.05) is 19.6 Å². The molecule has 1 heterocycles. The lowest BCUT2D eigenvalue weighted by Gasteiger charge is -2.41. The smallest absolute Gasteiger partial charge is 0.393 e. The predicted octanol–water partition coefficient (Wildman–Crippen LogP) is 2.64. The number of aliphatic hydroxyl groups is 1. The van der Waals surface area contributed by atoms with E-state index in [-0.39, 0.29) is 24.0 Å². The van der Waals surface area contributed by atoms with Crippen LogP contribution < -0.4 is 5.32 Å². The molecular weight excluding hydrogens is 281 g/mol. The fraction of sp³-hybridized carbons (Fsp3) is 1.00. The second-order valence-corrected chi connectivity index (χ2v) is 6.89. The fourth-order valence-electron chi connectivity index (χ4n) is 2.85. The lowest BCUT2D eigenvalue weighted by Crippen LogP contribution is -2.53. The van der Waals surface area contributed by atoms with Gasteiger partial charge in [0.2, 0.25) is 0 Å².